The average Bonchev–Trinajstić information content (AvgIpc) is 3.41. The SMILES string of the molecule is CC(=O)OC1CC2(O)C3CCC4CC(OC(=O)N5CCN(C)CC5)CCC4(C)C3CCC2(C)C1C1=CC(=O)OC1. The van der Waals surface area contributed by atoms with Crippen molar-refractivity contribution in [2.24, 2.45) is 34.5 Å². The molecule has 1 N–H and O–H groups in total. The van der Waals surface area contributed by atoms with Gasteiger partial charge in [0.2, 0.25) is 0 Å². The van der Waals surface area contributed by atoms with Gasteiger partial charge in [-0.15, -0.1) is 0 Å². The van der Waals surface area contributed by atoms with E-state index in [4.69, 9.17) is 14.2 Å². The minimum absolute atomic E-state index is 0.0465. The zero-order chi connectivity index (χ0) is 28.4. The number of fused-ring (bicyclic) bond motifs is 5. The first-order valence-corrected chi connectivity index (χ1v) is 15.4. The van der Waals surface area contributed by atoms with Crippen molar-refractivity contribution in [3.8, 4) is 0 Å². The van der Waals surface area contributed by atoms with E-state index in [1.807, 2.05) is 4.90 Å². The fourth-order valence-electron chi connectivity index (χ4n) is 10.1. The number of nitrogens with zero attached hydrogens (tertiary/aromatic N) is 2. The van der Waals surface area contributed by atoms with Crippen molar-refractivity contribution in [1.82, 2.24) is 9.80 Å². The lowest BCUT2D eigenvalue weighted by atomic mass is 9.43. The molecule has 9 nitrogen and oxygen atoms in total. The van der Waals surface area contributed by atoms with Crippen LogP contribution in [0.2, 0.25) is 0 Å². The van der Waals surface area contributed by atoms with Crippen LogP contribution in [-0.2, 0) is 23.8 Å². The number of piperazine rings is 1. The molecule has 0 radical (unpaired) electrons. The van der Waals surface area contributed by atoms with Crippen molar-refractivity contribution >= 4 is 18.0 Å². The topological polar surface area (TPSA) is 106 Å². The average molecular weight is 559 g/mol. The van der Waals surface area contributed by atoms with E-state index in [1.165, 1.54) is 6.92 Å². The van der Waals surface area contributed by atoms with Crippen molar-refractivity contribution < 1.29 is 33.7 Å². The molecule has 9 atom stereocenters. The molecule has 0 aromatic rings. The number of aliphatic hydroxyl groups is 1. The standard InChI is InChI=1S/C31H46N2O7/c1-19(34)39-25-17-31(37)24-6-5-21-16-22(40-28(36)33-13-11-32(4)12-14-33)7-9-29(21,2)23(24)8-10-30(31,3)27(25)20-15-26(35)38-18-20/h15,21-25,27,37H,5-14,16-18H2,1-4H3. The van der Waals surface area contributed by atoms with Gasteiger partial charge in [0, 0.05) is 56.9 Å². The van der Waals surface area contributed by atoms with Crippen LogP contribution >= 0.6 is 0 Å². The fourth-order valence-corrected chi connectivity index (χ4v) is 10.1. The van der Waals surface area contributed by atoms with E-state index in [-0.39, 0.29) is 48.0 Å². The predicted molar refractivity (Wildman–Crippen MR) is 146 cm³/mol. The Hall–Kier alpha value is -2.13. The second kappa shape index (κ2) is 10.0. The lowest BCUT2D eigenvalue weighted by Crippen LogP contribution is -2.62. The summed E-state index contributed by atoms with van der Waals surface area (Å²) < 4.78 is 17.2. The van der Waals surface area contributed by atoms with E-state index in [1.54, 1.807) is 6.08 Å². The first-order valence-electron chi connectivity index (χ1n) is 15.4. The molecule has 40 heavy (non-hydrogen) atoms. The Balaban J connectivity index is 1.19. The molecule has 0 aromatic heterocycles. The summed E-state index contributed by atoms with van der Waals surface area (Å²) in [6, 6.07) is 0. The third kappa shape index (κ3) is 4.37. The lowest BCUT2D eigenvalue weighted by Gasteiger charge is -2.63. The van der Waals surface area contributed by atoms with Crippen LogP contribution in [0.25, 0.3) is 0 Å². The highest BCUT2D eigenvalue weighted by Crippen LogP contribution is 2.70. The molecule has 4 saturated carbocycles. The van der Waals surface area contributed by atoms with E-state index in [0.717, 1.165) is 76.7 Å². The highest BCUT2D eigenvalue weighted by molar-refractivity contribution is 5.85. The number of amides is 1. The summed E-state index contributed by atoms with van der Waals surface area (Å²) >= 11 is 0. The molecule has 0 aromatic carbocycles. The lowest BCUT2D eigenvalue weighted by molar-refractivity contribution is -0.208. The minimum Gasteiger partial charge on any atom is -0.462 e. The smallest absolute Gasteiger partial charge is 0.410 e. The Kier molecular flexibility index (Phi) is 7.00. The Morgan fingerprint density at radius 3 is 2.45 bits per heavy atom. The molecule has 4 aliphatic carbocycles. The van der Waals surface area contributed by atoms with Crippen LogP contribution in [0.5, 0.6) is 0 Å². The van der Waals surface area contributed by atoms with Gasteiger partial charge in [-0.25, -0.2) is 9.59 Å². The van der Waals surface area contributed by atoms with Crippen LogP contribution < -0.4 is 0 Å². The molecule has 0 bridgehead atoms. The third-order valence-corrected chi connectivity index (χ3v) is 12.2. The minimum atomic E-state index is -0.994. The van der Waals surface area contributed by atoms with E-state index < -0.39 is 17.1 Å². The number of hydrogen-bond acceptors (Lipinski definition) is 8. The summed E-state index contributed by atoms with van der Waals surface area (Å²) in [6.45, 7) is 9.37. The quantitative estimate of drug-likeness (QED) is 0.414. The van der Waals surface area contributed by atoms with Gasteiger partial charge in [0.1, 0.15) is 18.8 Å². The monoisotopic (exact) mass is 558 g/mol. The van der Waals surface area contributed by atoms with Gasteiger partial charge in [0.05, 0.1) is 5.60 Å². The van der Waals surface area contributed by atoms with Gasteiger partial charge in [-0.2, -0.15) is 0 Å². The number of cyclic esters (lactones) is 1. The van der Waals surface area contributed by atoms with E-state index >= 15 is 0 Å². The molecule has 9 heteroatoms. The number of esters is 2. The maximum absolute atomic E-state index is 12.9. The zero-order valence-electron chi connectivity index (χ0n) is 24.5. The first-order chi connectivity index (χ1) is 18.9. The molecule has 1 amide bonds. The van der Waals surface area contributed by atoms with Crippen molar-refractivity contribution in [3.63, 3.8) is 0 Å². The Morgan fingerprint density at radius 1 is 1.02 bits per heavy atom. The Labute approximate surface area is 237 Å². The molecular formula is C31H46N2O7. The zero-order valence-corrected chi connectivity index (χ0v) is 24.5. The van der Waals surface area contributed by atoms with Crippen molar-refractivity contribution in [2.75, 3.05) is 39.8 Å². The Morgan fingerprint density at radius 2 is 1.77 bits per heavy atom. The molecule has 9 unspecified atom stereocenters. The van der Waals surface area contributed by atoms with Crippen LogP contribution in [0.15, 0.2) is 11.6 Å². The molecule has 6 aliphatic rings. The number of likely N-dealkylation sites (N-methyl/N-ethyl adjacent to an activating group) is 1. The molecule has 1 saturated heterocycles. The number of carbonyl (C=O) groups excluding carboxylic acids is 3. The summed E-state index contributed by atoms with van der Waals surface area (Å²) in [4.78, 5) is 41.1. The van der Waals surface area contributed by atoms with Crippen LogP contribution in [0.4, 0.5) is 4.79 Å². The Bertz CT molecular complexity index is 1090. The van der Waals surface area contributed by atoms with Gasteiger partial charge in [0.25, 0.3) is 0 Å². The summed E-state index contributed by atoms with van der Waals surface area (Å²) in [6.07, 6.45) is 7.69. The molecule has 2 heterocycles. The molecule has 5 fully saturated rings. The third-order valence-electron chi connectivity index (χ3n) is 12.2. The fraction of sp³-hybridized carbons (Fsp3) is 0.839. The number of rotatable bonds is 3. The van der Waals surface area contributed by atoms with Crippen LogP contribution in [0, 0.1) is 34.5 Å². The number of ether oxygens (including phenoxy) is 3. The number of hydrogen-bond donors (Lipinski definition) is 1. The van der Waals surface area contributed by atoms with Crippen LogP contribution in [0.1, 0.15) is 72.1 Å². The normalized spacial score (nSPS) is 45.1. The van der Waals surface area contributed by atoms with Gasteiger partial charge in [-0.3, -0.25) is 4.79 Å². The molecule has 222 valence electrons. The molecular weight excluding hydrogens is 512 g/mol. The maximum Gasteiger partial charge on any atom is 0.410 e. The summed E-state index contributed by atoms with van der Waals surface area (Å²) in [5.41, 5.74) is -0.591. The summed E-state index contributed by atoms with van der Waals surface area (Å²) in [5.74, 6) is -0.0509. The molecule has 6 rings (SSSR count). The van der Waals surface area contributed by atoms with Crippen molar-refractivity contribution in [3.05, 3.63) is 11.6 Å². The molecule has 0 spiro atoms. The summed E-state index contributed by atoms with van der Waals surface area (Å²) in [7, 11) is 2.08. The highest BCUT2D eigenvalue weighted by atomic mass is 16.6. The number of carbonyl (C=O) groups is 3. The van der Waals surface area contributed by atoms with Gasteiger partial charge >= 0.3 is 18.0 Å². The largest absolute Gasteiger partial charge is 0.462 e. The maximum atomic E-state index is 12.9. The van der Waals surface area contributed by atoms with E-state index in [2.05, 4.69) is 25.8 Å². The van der Waals surface area contributed by atoms with Gasteiger partial charge in [-0.05, 0) is 80.7 Å². The first kappa shape index (κ1) is 28.0. The van der Waals surface area contributed by atoms with Crippen LogP contribution in [-0.4, -0.2) is 90.6 Å². The second-order valence-corrected chi connectivity index (χ2v) is 14.1. The van der Waals surface area contributed by atoms with Crippen LogP contribution in [0.3, 0.4) is 0 Å². The highest BCUT2D eigenvalue weighted by Gasteiger charge is 2.71. The molecule has 2 aliphatic heterocycles. The van der Waals surface area contributed by atoms with Gasteiger partial charge in [0.15, 0.2) is 0 Å². The predicted octanol–water partition coefficient (Wildman–Crippen LogP) is 3.54. The summed E-state index contributed by atoms with van der Waals surface area (Å²) in [5, 5.41) is 12.7. The van der Waals surface area contributed by atoms with E-state index in [0.29, 0.717) is 18.3 Å². The van der Waals surface area contributed by atoms with Crippen molar-refractivity contribution in [1.29, 1.82) is 0 Å². The van der Waals surface area contributed by atoms with Crippen molar-refractivity contribution in [2.45, 2.75) is 89.9 Å². The van der Waals surface area contributed by atoms with Gasteiger partial charge in [-0.1, -0.05) is 13.8 Å². The van der Waals surface area contributed by atoms with Gasteiger partial charge < -0.3 is 29.1 Å². The van der Waals surface area contributed by atoms with E-state index in [9.17, 15) is 19.5 Å². The second-order valence-electron chi connectivity index (χ2n) is 14.1.